The monoisotopic (exact) mass is 268 g/mol. The average Bonchev–Trinajstić information content (AvgIpc) is 2.44. The quantitative estimate of drug-likeness (QED) is 0.451. The maximum Gasteiger partial charge on any atom is 0.330 e. The molecule has 0 spiro atoms. The number of carbonyl (C=O) groups excluding carboxylic acids is 2. The summed E-state index contributed by atoms with van der Waals surface area (Å²) in [6.45, 7) is 10.7. The SMILES string of the molecule is C=CC(=O)OC(CC)CCCC(CC)OC(=O)C=C. The van der Waals surface area contributed by atoms with Gasteiger partial charge in [0.05, 0.1) is 0 Å². The van der Waals surface area contributed by atoms with Crippen molar-refractivity contribution in [3.8, 4) is 0 Å². The van der Waals surface area contributed by atoms with Crippen LogP contribution in [0.25, 0.3) is 0 Å². The summed E-state index contributed by atoms with van der Waals surface area (Å²) in [4.78, 5) is 22.2. The van der Waals surface area contributed by atoms with Crippen LogP contribution in [0.15, 0.2) is 25.3 Å². The molecule has 0 fully saturated rings. The molecule has 2 unspecified atom stereocenters. The average molecular weight is 268 g/mol. The minimum atomic E-state index is -0.392. The largest absolute Gasteiger partial charge is 0.459 e. The van der Waals surface area contributed by atoms with E-state index in [1.165, 1.54) is 12.2 Å². The number of rotatable bonds is 10. The van der Waals surface area contributed by atoms with Gasteiger partial charge in [-0.2, -0.15) is 0 Å². The molecule has 19 heavy (non-hydrogen) atoms. The Hall–Kier alpha value is -1.58. The molecule has 0 saturated carbocycles. The first kappa shape index (κ1) is 17.4. The highest BCUT2D eigenvalue weighted by Crippen LogP contribution is 2.14. The highest BCUT2D eigenvalue weighted by molar-refractivity contribution is 5.81. The van der Waals surface area contributed by atoms with E-state index < -0.39 is 11.9 Å². The van der Waals surface area contributed by atoms with Crippen molar-refractivity contribution in [2.75, 3.05) is 0 Å². The Morgan fingerprint density at radius 3 is 1.58 bits per heavy atom. The van der Waals surface area contributed by atoms with E-state index in [9.17, 15) is 9.59 Å². The van der Waals surface area contributed by atoms with Crippen LogP contribution < -0.4 is 0 Å². The van der Waals surface area contributed by atoms with Gasteiger partial charge >= 0.3 is 11.9 Å². The van der Waals surface area contributed by atoms with E-state index >= 15 is 0 Å². The van der Waals surface area contributed by atoms with Gasteiger partial charge in [-0.05, 0) is 32.1 Å². The first-order valence-corrected chi connectivity index (χ1v) is 6.73. The van der Waals surface area contributed by atoms with Crippen LogP contribution in [-0.4, -0.2) is 24.1 Å². The Morgan fingerprint density at radius 1 is 0.947 bits per heavy atom. The molecule has 0 bridgehead atoms. The molecule has 0 aromatic rings. The first-order valence-electron chi connectivity index (χ1n) is 6.73. The standard InChI is InChI=1S/C15H24O4/c1-5-12(18-14(16)7-3)10-9-11-13(6-2)19-15(17)8-4/h7-8,12-13H,3-6,9-11H2,1-2H3. The van der Waals surface area contributed by atoms with Crippen LogP contribution >= 0.6 is 0 Å². The van der Waals surface area contributed by atoms with Gasteiger partial charge in [0, 0.05) is 12.2 Å². The van der Waals surface area contributed by atoms with Crippen LogP contribution in [0.3, 0.4) is 0 Å². The minimum Gasteiger partial charge on any atom is -0.459 e. The predicted octanol–water partition coefficient (Wildman–Crippen LogP) is 3.17. The molecular weight excluding hydrogens is 244 g/mol. The van der Waals surface area contributed by atoms with Gasteiger partial charge in [0.15, 0.2) is 0 Å². The Morgan fingerprint density at radius 2 is 1.32 bits per heavy atom. The number of esters is 2. The van der Waals surface area contributed by atoms with E-state index in [-0.39, 0.29) is 12.2 Å². The summed E-state index contributed by atoms with van der Waals surface area (Å²) in [5.41, 5.74) is 0. The van der Waals surface area contributed by atoms with Crippen LogP contribution in [-0.2, 0) is 19.1 Å². The molecule has 0 aliphatic carbocycles. The molecule has 0 saturated heterocycles. The Balaban J connectivity index is 4.01. The van der Waals surface area contributed by atoms with Crippen molar-refractivity contribution in [1.82, 2.24) is 0 Å². The lowest BCUT2D eigenvalue weighted by molar-refractivity contribution is -0.143. The minimum absolute atomic E-state index is 0.0990. The lowest BCUT2D eigenvalue weighted by atomic mass is 10.1. The van der Waals surface area contributed by atoms with Crippen LogP contribution in [0.5, 0.6) is 0 Å². The first-order chi connectivity index (χ1) is 9.07. The number of hydrogen-bond donors (Lipinski definition) is 0. The fourth-order valence-electron chi connectivity index (χ4n) is 1.69. The third-order valence-electron chi connectivity index (χ3n) is 2.86. The lowest BCUT2D eigenvalue weighted by Crippen LogP contribution is -2.19. The molecule has 0 radical (unpaired) electrons. The summed E-state index contributed by atoms with van der Waals surface area (Å²) in [5, 5.41) is 0. The number of hydrogen-bond acceptors (Lipinski definition) is 4. The molecule has 2 atom stereocenters. The molecule has 0 aliphatic heterocycles. The molecule has 4 heteroatoms. The zero-order valence-electron chi connectivity index (χ0n) is 11.9. The van der Waals surface area contributed by atoms with Crippen molar-refractivity contribution in [3.63, 3.8) is 0 Å². The summed E-state index contributed by atoms with van der Waals surface area (Å²) in [6, 6.07) is 0. The van der Waals surface area contributed by atoms with Crippen molar-refractivity contribution in [2.24, 2.45) is 0 Å². The second kappa shape index (κ2) is 10.4. The molecule has 108 valence electrons. The highest BCUT2D eigenvalue weighted by Gasteiger charge is 2.14. The van der Waals surface area contributed by atoms with Crippen LogP contribution in [0, 0.1) is 0 Å². The van der Waals surface area contributed by atoms with Crippen LogP contribution in [0.4, 0.5) is 0 Å². The van der Waals surface area contributed by atoms with Gasteiger partial charge in [0.2, 0.25) is 0 Å². The number of ether oxygens (including phenoxy) is 2. The van der Waals surface area contributed by atoms with Gasteiger partial charge in [-0.25, -0.2) is 9.59 Å². The van der Waals surface area contributed by atoms with E-state index in [1.54, 1.807) is 0 Å². The Labute approximate surface area is 115 Å². The molecule has 0 rings (SSSR count). The van der Waals surface area contributed by atoms with Gasteiger partial charge in [-0.3, -0.25) is 0 Å². The fourth-order valence-corrected chi connectivity index (χ4v) is 1.69. The Kier molecular flexibility index (Phi) is 9.49. The zero-order valence-corrected chi connectivity index (χ0v) is 11.9. The van der Waals surface area contributed by atoms with E-state index in [0.29, 0.717) is 0 Å². The van der Waals surface area contributed by atoms with Gasteiger partial charge < -0.3 is 9.47 Å². The lowest BCUT2D eigenvalue weighted by Gasteiger charge is -2.18. The maximum atomic E-state index is 11.1. The maximum absolute atomic E-state index is 11.1. The molecule has 0 aromatic heterocycles. The second-order valence-electron chi connectivity index (χ2n) is 4.27. The van der Waals surface area contributed by atoms with Crippen LogP contribution in [0.2, 0.25) is 0 Å². The summed E-state index contributed by atoms with van der Waals surface area (Å²) in [5.74, 6) is -0.783. The van der Waals surface area contributed by atoms with Crippen molar-refractivity contribution in [2.45, 2.75) is 58.2 Å². The second-order valence-corrected chi connectivity index (χ2v) is 4.27. The molecule has 0 aromatic carbocycles. The zero-order chi connectivity index (χ0) is 14.7. The van der Waals surface area contributed by atoms with Crippen molar-refractivity contribution in [3.05, 3.63) is 25.3 Å². The van der Waals surface area contributed by atoms with Gasteiger partial charge in [0.1, 0.15) is 12.2 Å². The van der Waals surface area contributed by atoms with Gasteiger partial charge in [-0.1, -0.05) is 27.0 Å². The molecule has 0 amide bonds. The van der Waals surface area contributed by atoms with Crippen molar-refractivity contribution < 1.29 is 19.1 Å². The number of carbonyl (C=O) groups is 2. The fraction of sp³-hybridized carbons (Fsp3) is 0.600. The molecular formula is C15H24O4. The van der Waals surface area contributed by atoms with Crippen molar-refractivity contribution >= 4 is 11.9 Å². The summed E-state index contributed by atoms with van der Waals surface area (Å²) in [7, 11) is 0. The molecule has 4 nitrogen and oxygen atoms in total. The molecule has 0 N–H and O–H groups in total. The Bertz CT molecular complexity index is 279. The molecule has 0 heterocycles. The van der Waals surface area contributed by atoms with E-state index in [0.717, 1.165) is 32.1 Å². The third-order valence-corrected chi connectivity index (χ3v) is 2.86. The summed E-state index contributed by atoms with van der Waals surface area (Å²) >= 11 is 0. The van der Waals surface area contributed by atoms with Gasteiger partial charge in [0.25, 0.3) is 0 Å². The molecule has 0 aliphatic rings. The summed E-state index contributed by atoms with van der Waals surface area (Å²) in [6.07, 6.45) is 6.04. The van der Waals surface area contributed by atoms with Crippen molar-refractivity contribution in [1.29, 1.82) is 0 Å². The normalized spacial score (nSPS) is 13.2. The topological polar surface area (TPSA) is 52.6 Å². The van der Waals surface area contributed by atoms with Crippen LogP contribution in [0.1, 0.15) is 46.0 Å². The summed E-state index contributed by atoms with van der Waals surface area (Å²) < 4.78 is 10.4. The van der Waals surface area contributed by atoms with E-state index in [1.807, 2.05) is 13.8 Å². The third kappa shape index (κ3) is 8.19. The smallest absolute Gasteiger partial charge is 0.330 e. The van der Waals surface area contributed by atoms with Gasteiger partial charge in [-0.15, -0.1) is 0 Å². The van der Waals surface area contributed by atoms with E-state index in [4.69, 9.17) is 9.47 Å². The predicted molar refractivity (Wildman–Crippen MR) is 74.6 cm³/mol. The highest BCUT2D eigenvalue weighted by atomic mass is 16.5. The van der Waals surface area contributed by atoms with E-state index in [2.05, 4.69) is 13.2 Å².